The van der Waals surface area contributed by atoms with Gasteiger partial charge in [0.05, 0.1) is 0 Å². The van der Waals surface area contributed by atoms with Crippen LogP contribution >= 0.6 is 0 Å². The Labute approximate surface area is 172 Å². The molecule has 0 saturated carbocycles. The lowest BCUT2D eigenvalue weighted by molar-refractivity contribution is -0.129. The highest BCUT2D eigenvalue weighted by molar-refractivity contribution is 5.87. The lowest BCUT2D eigenvalue weighted by Crippen LogP contribution is -2.52. The largest absolute Gasteiger partial charge is 0.350 e. The van der Waals surface area contributed by atoms with Crippen molar-refractivity contribution < 1.29 is 9.59 Å². The summed E-state index contributed by atoms with van der Waals surface area (Å²) in [4.78, 5) is 29.4. The molecule has 1 aromatic carbocycles. The van der Waals surface area contributed by atoms with Crippen LogP contribution in [0.15, 0.2) is 30.3 Å². The Morgan fingerprint density at radius 1 is 1.14 bits per heavy atom. The SMILES string of the molecule is CCC(=O)N[C@@H](Cc1nc(C)n(C(C)C)n1)C(=O)N[C@H](CN)Cc1ccccc1. The second kappa shape index (κ2) is 10.7. The van der Waals surface area contributed by atoms with E-state index in [2.05, 4.69) is 20.7 Å². The molecule has 0 fully saturated rings. The van der Waals surface area contributed by atoms with Crippen LogP contribution in [0.2, 0.25) is 0 Å². The molecule has 0 aliphatic heterocycles. The molecule has 1 aromatic heterocycles. The van der Waals surface area contributed by atoms with Gasteiger partial charge >= 0.3 is 0 Å². The highest BCUT2D eigenvalue weighted by Gasteiger charge is 2.25. The van der Waals surface area contributed by atoms with Gasteiger partial charge in [-0.05, 0) is 32.8 Å². The molecule has 0 aliphatic carbocycles. The van der Waals surface area contributed by atoms with Gasteiger partial charge in [-0.1, -0.05) is 37.3 Å². The zero-order valence-electron chi connectivity index (χ0n) is 17.7. The third kappa shape index (κ3) is 6.67. The van der Waals surface area contributed by atoms with Gasteiger partial charge in [0.15, 0.2) is 5.82 Å². The van der Waals surface area contributed by atoms with E-state index in [4.69, 9.17) is 5.73 Å². The fraction of sp³-hybridized carbons (Fsp3) is 0.524. The van der Waals surface area contributed by atoms with E-state index in [1.807, 2.05) is 55.8 Å². The Morgan fingerprint density at radius 2 is 1.83 bits per heavy atom. The van der Waals surface area contributed by atoms with Crippen LogP contribution in [-0.2, 0) is 22.4 Å². The Morgan fingerprint density at radius 3 is 2.38 bits per heavy atom. The molecular weight excluding hydrogens is 368 g/mol. The van der Waals surface area contributed by atoms with Gasteiger partial charge in [-0.25, -0.2) is 9.67 Å². The van der Waals surface area contributed by atoms with Crippen molar-refractivity contribution in [1.29, 1.82) is 0 Å². The zero-order chi connectivity index (χ0) is 21.4. The summed E-state index contributed by atoms with van der Waals surface area (Å²) < 4.78 is 1.81. The van der Waals surface area contributed by atoms with Crippen LogP contribution in [0.1, 0.15) is 50.4 Å². The molecule has 2 atom stereocenters. The van der Waals surface area contributed by atoms with Gasteiger partial charge in [0.25, 0.3) is 0 Å². The van der Waals surface area contributed by atoms with Crippen LogP contribution in [0.4, 0.5) is 0 Å². The number of hydrogen-bond donors (Lipinski definition) is 3. The van der Waals surface area contributed by atoms with Gasteiger partial charge in [0.1, 0.15) is 11.9 Å². The van der Waals surface area contributed by atoms with Gasteiger partial charge < -0.3 is 16.4 Å². The van der Waals surface area contributed by atoms with E-state index in [0.29, 0.717) is 25.2 Å². The highest BCUT2D eigenvalue weighted by Crippen LogP contribution is 2.09. The normalized spacial score (nSPS) is 13.2. The zero-order valence-corrected chi connectivity index (χ0v) is 17.7. The Bertz CT molecular complexity index is 803. The number of carbonyl (C=O) groups is 2. The van der Waals surface area contributed by atoms with Gasteiger partial charge in [-0.2, -0.15) is 5.10 Å². The summed E-state index contributed by atoms with van der Waals surface area (Å²) in [5, 5.41) is 10.2. The maximum Gasteiger partial charge on any atom is 0.243 e. The highest BCUT2D eigenvalue weighted by atomic mass is 16.2. The van der Waals surface area contributed by atoms with Crippen molar-refractivity contribution in [1.82, 2.24) is 25.4 Å². The maximum atomic E-state index is 12.9. The quantitative estimate of drug-likeness (QED) is 0.556. The minimum atomic E-state index is -0.755. The molecule has 2 rings (SSSR count). The number of carbonyl (C=O) groups excluding carboxylic acids is 2. The first-order valence-corrected chi connectivity index (χ1v) is 10.1. The van der Waals surface area contributed by atoms with Crippen molar-refractivity contribution in [2.75, 3.05) is 6.54 Å². The first-order valence-electron chi connectivity index (χ1n) is 10.1. The van der Waals surface area contributed by atoms with Gasteiger partial charge in [-0.3, -0.25) is 9.59 Å². The van der Waals surface area contributed by atoms with E-state index < -0.39 is 6.04 Å². The molecule has 4 N–H and O–H groups in total. The van der Waals surface area contributed by atoms with Crippen molar-refractivity contribution >= 4 is 11.8 Å². The maximum absolute atomic E-state index is 12.9. The summed E-state index contributed by atoms with van der Waals surface area (Å²) in [6, 6.07) is 9.03. The van der Waals surface area contributed by atoms with Crippen molar-refractivity contribution in [2.45, 2.75) is 65.1 Å². The summed E-state index contributed by atoms with van der Waals surface area (Å²) in [5.41, 5.74) is 6.96. The summed E-state index contributed by atoms with van der Waals surface area (Å²) in [7, 11) is 0. The standard InChI is InChI=1S/C21H32N6O2/c1-5-20(28)25-18(12-19-23-15(4)27(26-19)14(2)3)21(29)24-17(13-22)11-16-9-7-6-8-10-16/h6-10,14,17-18H,5,11-13,22H2,1-4H3,(H,24,29)(H,25,28)/t17-,18-/m0/s1. The summed E-state index contributed by atoms with van der Waals surface area (Å²) in [6.07, 6.45) is 1.14. The molecule has 29 heavy (non-hydrogen) atoms. The lowest BCUT2D eigenvalue weighted by atomic mass is 10.0. The average molecular weight is 401 g/mol. The second-order valence-electron chi connectivity index (χ2n) is 7.42. The Hall–Kier alpha value is -2.74. The van der Waals surface area contributed by atoms with Crippen LogP contribution in [0.3, 0.4) is 0 Å². The van der Waals surface area contributed by atoms with Gasteiger partial charge in [0, 0.05) is 31.5 Å². The smallest absolute Gasteiger partial charge is 0.243 e. The van der Waals surface area contributed by atoms with Crippen LogP contribution in [0.5, 0.6) is 0 Å². The molecule has 0 aliphatic rings. The number of benzene rings is 1. The van der Waals surface area contributed by atoms with Crippen molar-refractivity contribution in [3.8, 4) is 0 Å². The molecule has 0 saturated heterocycles. The number of aromatic nitrogens is 3. The fourth-order valence-electron chi connectivity index (χ4n) is 3.11. The molecule has 8 nitrogen and oxygen atoms in total. The summed E-state index contributed by atoms with van der Waals surface area (Å²) in [6.45, 7) is 7.96. The van der Waals surface area contributed by atoms with E-state index in [0.717, 1.165) is 11.4 Å². The monoisotopic (exact) mass is 400 g/mol. The first-order chi connectivity index (χ1) is 13.8. The minimum Gasteiger partial charge on any atom is -0.350 e. The average Bonchev–Trinajstić information content (AvgIpc) is 3.07. The van der Waals surface area contributed by atoms with E-state index >= 15 is 0 Å². The van der Waals surface area contributed by atoms with E-state index in [-0.39, 0.29) is 30.3 Å². The van der Waals surface area contributed by atoms with Crippen molar-refractivity contribution in [2.24, 2.45) is 5.73 Å². The van der Waals surface area contributed by atoms with Crippen LogP contribution in [-0.4, -0.2) is 45.2 Å². The summed E-state index contributed by atoms with van der Waals surface area (Å²) in [5.74, 6) is 0.828. The molecule has 0 spiro atoms. The molecule has 2 aromatic rings. The lowest BCUT2D eigenvalue weighted by Gasteiger charge is -2.22. The van der Waals surface area contributed by atoms with Crippen LogP contribution < -0.4 is 16.4 Å². The Kier molecular flexibility index (Phi) is 8.33. The molecule has 1 heterocycles. The number of rotatable bonds is 10. The van der Waals surface area contributed by atoms with Gasteiger partial charge in [-0.15, -0.1) is 0 Å². The fourth-order valence-corrected chi connectivity index (χ4v) is 3.11. The molecular formula is C21H32N6O2. The molecule has 0 unspecified atom stereocenters. The number of nitrogens with zero attached hydrogens (tertiary/aromatic N) is 3. The predicted molar refractivity (Wildman–Crippen MR) is 112 cm³/mol. The van der Waals surface area contributed by atoms with E-state index in [1.165, 1.54) is 0 Å². The van der Waals surface area contributed by atoms with E-state index in [9.17, 15) is 9.59 Å². The topological polar surface area (TPSA) is 115 Å². The third-order valence-electron chi connectivity index (χ3n) is 4.65. The number of aryl methyl sites for hydroxylation is 1. The number of hydrogen-bond acceptors (Lipinski definition) is 5. The first kappa shape index (κ1) is 22.5. The minimum absolute atomic E-state index is 0.168. The van der Waals surface area contributed by atoms with Crippen LogP contribution in [0, 0.1) is 6.92 Å². The Balaban J connectivity index is 2.11. The van der Waals surface area contributed by atoms with Gasteiger partial charge in [0.2, 0.25) is 11.8 Å². The number of nitrogens with one attached hydrogen (secondary N) is 2. The summed E-state index contributed by atoms with van der Waals surface area (Å²) >= 11 is 0. The molecule has 8 heteroatoms. The van der Waals surface area contributed by atoms with Crippen molar-refractivity contribution in [3.05, 3.63) is 47.5 Å². The second-order valence-corrected chi connectivity index (χ2v) is 7.42. The van der Waals surface area contributed by atoms with Crippen LogP contribution in [0.25, 0.3) is 0 Å². The molecule has 0 bridgehead atoms. The van der Waals surface area contributed by atoms with E-state index in [1.54, 1.807) is 6.92 Å². The molecule has 158 valence electrons. The molecule has 2 amide bonds. The van der Waals surface area contributed by atoms with Crippen molar-refractivity contribution in [3.63, 3.8) is 0 Å². The third-order valence-corrected chi connectivity index (χ3v) is 4.65. The predicted octanol–water partition coefficient (Wildman–Crippen LogP) is 1.29. The number of amides is 2. The molecule has 0 radical (unpaired) electrons. The number of nitrogens with two attached hydrogens (primary N) is 1.